The first-order valence-corrected chi connectivity index (χ1v) is 10.5. The van der Waals surface area contributed by atoms with Gasteiger partial charge in [0.2, 0.25) is 0 Å². The second-order valence-corrected chi connectivity index (χ2v) is 7.55. The number of carbonyl (C=O) groups excluding carboxylic acids is 2. The number of carbonyl (C=O) groups is 2. The summed E-state index contributed by atoms with van der Waals surface area (Å²) < 4.78 is 5.64. The van der Waals surface area contributed by atoms with Crippen LogP contribution in [-0.4, -0.2) is 41.4 Å². The van der Waals surface area contributed by atoms with Gasteiger partial charge >= 0.3 is 0 Å². The van der Waals surface area contributed by atoms with Gasteiger partial charge < -0.3 is 15.0 Å². The summed E-state index contributed by atoms with van der Waals surface area (Å²) in [6.07, 6.45) is 2.10. The highest BCUT2D eigenvalue weighted by Gasteiger charge is 2.18. The van der Waals surface area contributed by atoms with Crippen LogP contribution < -0.4 is 10.1 Å². The van der Waals surface area contributed by atoms with Gasteiger partial charge in [-0.3, -0.25) is 14.6 Å². The quantitative estimate of drug-likeness (QED) is 0.651. The van der Waals surface area contributed by atoms with E-state index in [0.29, 0.717) is 22.7 Å². The van der Waals surface area contributed by atoms with Crippen LogP contribution in [-0.2, 0) is 4.79 Å². The van der Waals surface area contributed by atoms with Crippen LogP contribution in [0.15, 0.2) is 66.7 Å². The Morgan fingerprint density at radius 2 is 1.77 bits per heavy atom. The Balaban J connectivity index is 1.40. The van der Waals surface area contributed by atoms with Crippen molar-refractivity contribution in [1.29, 1.82) is 0 Å². The van der Waals surface area contributed by atoms with Gasteiger partial charge in [-0.15, -0.1) is 0 Å². The molecule has 0 bridgehead atoms. The van der Waals surface area contributed by atoms with Gasteiger partial charge in [-0.25, -0.2) is 0 Å². The Morgan fingerprint density at radius 1 is 1.00 bits per heavy atom. The maximum atomic E-state index is 12.8. The first kappa shape index (κ1) is 20.6. The maximum absolute atomic E-state index is 12.8. The molecule has 0 aliphatic carbocycles. The number of nitrogens with zero attached hydrogens (tertiary/aromatic N) is 2. The van der Waals surface area contributed by atoms with Crippen LogP contribution >= 0.6 is 0 Å². The second-order valence-electron chi connectivity index (χ2n) is 7.55. The van der Waals surface area contributed by atoms with Crippen molar-refractivity contribution in [1.82, 2.24) is 9.88 Å². The van der Waals surface area contributed by atoms with Crippen LogP contribution in [0.4, 0.5) is 5.69 Å². The summed E-state index contributed by atoms with van der Waals surface area (Å²) in [5.41, 5.74) is 3.60. The fourth-order valence-electron chi connectivity index (χ4n) is 3.64. The molecule has 0 unspecified atom stereocenters. The number of amides is 2. The van der Waals surface area contributed by atoms with Crippen molar-refractivity contribution >= 4 is 17.5 Å². The molecule has 0 atom stereocenters. The number of aryl methyl sites for hydroxylation is 1. The van der Waals surface area contributed by atoms with E-state index in [4.69, 9.17) is 4.74 Å². The summed E-state index contributed by atoms with van der Waals surface area (Å²) in [4.78, 5) is 31.3. The fourth-order valence-corrected chi connectivity index (χ4v) is 3.64. The van der Waals surface area contributed by atoms with E-state index in [0.717, 1.165) is 37.2 Å². The second kappa shape index (κ2) is 9.43. The highest BCUT2D eigenvalue weighted by atomic mass is 16.5. The number of rotatable bonds is 6. The molecule has 31 heavy (non-hydrogen) atoms. The van der Waals surface area contributed by atoms with Crippen molar-refractivity contribution in [3.63, 3.8) is 0 Å². The van der Waals surface area contributed by atoms with Crippen LogP contribution in [0.2, 0.25) is 0 Å². The van der Waals surface area contributed by atoms with Crippen molar-refractivity contribution in [3.05, 3.63) is 78.0 Å². The number of pyridine rings is 1. The lowest BCUT2D eigenvalue weighted by Crippen LogP contribution is -2.32. The molecule has 2 heterocycles. The van der Waals surface area contributed by atoms with E-state index < -0.39 is 0 Å². The summed E-state index contributed by atoms with van der Waals surface area (Å²) >= 11 is 0. The molecule has 1 aliphatic heterocycles. The molecule has 6 heteroatoms. The molecule has 4 rings (SSSR count). The highest BCUT2D eigenvalue weighted by Crippen LogP contribution is 2.21. The highest BCUT2D eigenvalue weighted by molar-refractivity contribution is 6.05. The van der Waals surface area contributed by atoms with E-state index >= 15 is 0 Å². The number of ether oxygens (including phenoxy) is 1. The predicted molar refractivity (Wildman–Crippen MR) is 120 cm³/mol. The maximum Gasteiger partial charge on any atom is 0.260 e. The lowest BCUT2D eigenvalue weighted by molar-refractivity contribution is -0.132. The normalized spacial score (nSPS) is 13.1. The van der Waals surface area contributed by atoms with Gasteiger partial charge in [-0.05, 0) is 44.0 Å². The van der Waals surface area contributed by atoms with Gasteiger partial charge in [0.25, 0.3) is 11.8 Å². The average molecular weight is 415 g/mol. The third kappa shape index (κ3) is 5.09. The molecule has 6 nitrogen and oxygen atoms in total. The Bertz CT molecular complexity index is 1080. The largest absolute Gasteiger partial charge is 0.484 e. The molecule has 0 spiro atoms. The van der Waals surface area contributed by atoms with Crippen molar-refractivity contribution in [3.8, 4) is 17.0 Å². The molecule has 1 saturated heterocycles. The number of benzene rings is 2. The Hall–Kier alpha value is -3.67. The van der Waals surface area contributed by atoms with E-state index in [-0.39, 0.29) is 18.4 Å². The third-order valence-electron chi connectivity index (χ3n) is 5.31. The lowest BCUT2D eigenvalue weighted by atomic mass is 10.1. The van der Waals surface area contributed by atoms with Crippen molar-refractivity contribution in [2.75, 3.05) is 25.0 Å². The fraction of sp³-hybridized carbons (Fsp3) is 0.240. The first-order valence-electron chi connectivity index (χ1n) is 10.5. The topological polar surface area (TPSA) is 71.5 Å². The van der Waals surface area contributed by atoms with E-state index in [1.165, 1.54) is 0 Å². The standard InChI is InChI=1S/C25H25N3O3/c1-18-22(12-13-23(26-18)19-8-3-2-4-9-19)25(30)27-20-10-7-11-21(16-20)31-17-24(29)28-14-5-6-15-28/h2-4,7-13,16H,5-6,14-15,17H2,1H3,(H,27,30). The van der Waals surface area contributed by atoms with Gasteiger partial charge in [-0.2, -0.15) is 0 Å². The molecule has 2 amide bonds. The molecule has 158 valence electrons. The van der Waals surface area contributed by atoms with E-state index in [1.54, 1.807) is 30.3 Å². The van der Waals surface area contributed by atoms with E-state index in [9.17, 15) is 9.59 Å². The zero-order valence-corrected chi connectivity index (χ0v) is 17.5. The number of anilines is 1. The van der Waals surface area contributed by atoms with Gasteiger partial charge in [0.1, 0.15) is 5.75 Å². The van der Waals surface area contributed by atoms with Gasteiger partial charge in [-0.1, -0.05) is 36.4 Å². The minimum absolute atomic E-state index is 0.00137. The average Bonchev–Trinajstić information content (AvgIpc) is 3.33. The zero-order valence-electron chi connectivity index (χ0n) is 17.5. The van der Waals surface area contributed by atoms with Crippen LogP contribution in [0.5, 0.6) is 5.75 Å². The lowest BCUT2D eigenvalue weighted by Gasteiger charge is -2.16. The molecular formula is C25H25N3O3. The molecule has 1 aliphatic rings. The molecule has 2 aromatic carbocycles. The Kier molecular flexibility index (Phi) is 6.26. The smallest absolute Gasteiger partial charge is 0.260 e. The molecule has 1 fully saturated rings. The molecule has 0 saturated carbocycles. The van der Waals surface area contributed by atoms with Gasteiger partial charge in [0.05, 0.1) is 17.0 Å². The van der Waals surface area contributed by atoms with E-state index in [2.05, 4.69) is 10.3 Å². The summed E-state index contributed by atoms with van der Waals surface area (Å²) in [5.74, 6) is 0.293. The zero-order chi connectivity index (χ0) is 21.6. The van der Waals surface area contributed by atoms with Crippen LogP contribution in [0, 0.1) is 6.92 Å². The Morgan fingerprint density at radius 3 is 2.52 bits per heavy atom. The first-order chi connectivity index (χ1) is 15.1. The summed E-state index contributed by atoms with van der Waals surface area (Å²) in [6.45, 7) is 3.43. The summed E-state index contributed by atoms with van der Waals surface area (Å²) in [7, 11) is 0. The molecule has 1 N–H and O–H groups in total. The molecule has 0 radical (unpaired) electrons. The van der Waals surface area contributed by atoms with Crippen LogP contribution in [0.1, 0.15) is 28.9 Å². The van der Waals surface area contributed by atoms with Gasteiger partial charge in [0.15, 0.2) is 6.61 Å². The van der Waals surface area contributed by atoms with Crippen molar-refractivity contribution in [2.45, 2.75) is 19.8 Å². The summed E-state index contributed by atoms with van der Waals surface area (Å²) in [5, 5.41) is 2.89. The Labute approximate surface area is 181 Å². The number of likely N-dealkylation sites (tertiary alicyclic amines) is 1. The monoisotopic (exact) mass is 415 g/mol. The minimum Gasteiger partial charge on any atom is -0.484 e. The number of hydrogen-bond acceptors (Lipinski definition) is 4. The summed E-state index contributed by atoms with van der Waals surface area (Å²) in [6, 6.07) is 20.5. The van der Waals surface area contributed by atoms with Crippen LogP contribution in [0.25, 0.3) is 11.3 Å². The van der Waals surface area contributed by atoms with Gasteiger partial charge in [0, 0.05) is 30.4 Å². The number of aromatic nitrogens is 1. The third-order valence-corrected chi connectivity index (χ3v) is 5.31. The molecule has 3 aromatic rings. The molecule has 1 aromatic heterocycles. The van der Waals surface area contributed by atoms with Crippen molar-refractivity contribution < 1.29 is 14.3 Å². The minimum atomic E-state index is -0.241. The predicted octanol–water partition coefficient (Wildman–Crippen LogP) is 4.31. The number of nitrogens with one attached hydrogen (secondary N) is 1. The van der Waals surface area contributed by atoms with Crippen molar-refractivity contribution in [2.24, 2.45) is 0 Å². The van der Waals surface area contributed by atoms with E-state index in [1.807, 2.05) is 48.2 Å². The molecular weight excluding hydrogens is 390 g/mol. The SMILES string of the molecule is Cc1nc(-c2ccccc2)ccc1C(=O)Nc1cccc(OCC(=O)N2CCCC2)c1. The van der Waals surface area contributed by atoms with Crippen LogP contribution in [0.3, 0.4) is 0 Å². The number of hydrogen-bond donors (Lipinski definition) is 1.